The summed E-state index contributed by atoms with van der Waals surface area (Å²) in [5.41, 5.74) is 0.756. The molecule has 160 valence electrons. The van der Waals surface area contributed by atoms with Gasteiger partial charge in [-0.2, -0.15) is 5.10 Å². The number of nitrogens with zero attached hydrogens (tertiary/aromatic N) is 4. The second kappa shape index (κ2) is 8.42. The minimum Gasteiger partial charge on any atom is -0.489 e. The fraction of sp³-hybridized carbons (Fsp3) is 0.238. The number of hydrogen-bond acceptors (Lipinski definition) is 6. The zero-order valence-corrected chi connectivity index (χ0v) is 16.9. The van der Waals surface area contributed by atoms with Crippen LogP contribution in [-0.4, -0.2) is 53.4 Å². The van der Waals surface area contributed by atoms with E-state index < -0.39 is 23.5 Å². The van der Waals surface area contributed by atoms with Crippen molar-refractivity contribution in [1.29, 1.82) is 0 Å². The summed E-state index contributed by atoms with van der Waals surface area (Å²) < 4.78 is 26.4. The average molecular weight is 425 g/mol. The smallest absolute Gasteiger partial charge is 0.275 e. The van der Waals surface area contributed by atoms with Gasteiger partial charge in [-0.05, 0) is 18.2 Å². The van der Waals surface area contributed by atoms with E-state index in [4.69, 9.17) is 9.47 Å². The maximum atomic E-state index is 14.4. The number of rotatable bonds is 5. The van der Waals surface area contributed by atoms with Crippen molar-refractivity contribution in [1.82, 2.24) is 20.1 Å². The van der Waals surface area contributed by atoms with Crippen LogP contribution in [0.1, 0.15) is 16.2 Å². The number of aromatic nitrogens is 3. The molecule has 1 aliphatic heterocycles. The van der Waals surface area contributed by atoms with Gasteiger partial charge in [-0.15, -0.1) is 0 Å². The molecule has 1 unspecified atom stereocenters. The molecule has 4 rings (SSSR count). The van der Waals surface area contributed by atoms with Crippen LogP contribution in [0, 0.1) is 5.82 Å². The number of fused-ring (bicyclic) bond motifs is 1. The van der Waals surface area contributed by atoms with Gasteiger partial charge in [0.15, 0.2) is 11.5 Å². The van der Waals surface area contributed by atoms with Crippen molar-refractivity contribution in [2.75, 3.05) is 25.7 Å². The SMILES string of the molecule is COc1cccc(Cn2cc(F)c(C(=O)NC3COc4ccccc4N(C)C3=O)n2)n1. The lowest BCUT2D eigenvalue weighted by atomic mass is 10.2. The molecule has 0 bridgehead atoms. The van der Waals surface area contributed by atoms with Crippen LogP contribution in [0.2, 0.25) is 0 Å². The fourth-order valence-electron chi connectivity index (χ4n) is 3.24. The Morgan fingerprint density at radius 1 is 1.29 bits per heavy atom. The number of methoxy groups -OCH3 is 1. The van der Waals surface area contributed by atoms with E-state index in [1.165, 1.54) is 16.7 Å². The molecule has 1 aromatic carbocycles. The summed E-state index contributed by atoms with van der Waals surface area (Å²) in [5, 5.41) is 6.54. The predicted octanol–water partition coefficient (Wildman–Crippen LogP) is 1.63. The van der Waals surface area contributed by atoms with Gasteiger partial charge in [-0.25, -0.2) is 9.37 Å². The molecule has 0 fully saturated rings. The zero-order valence-electron chi connectivity index (χ0n) is 16.9. The van der Waals surface area contributed by atoms with Crippen LogP contribution in [-0.2, 0) is 11.3 Å². The lowest BCUT2D eigenvalue weighted by molar-refractivity contribution is -0.120. The maximum Gasteiger partial charge on any atom is 0.275 e. The van der Waals surface area contributed by atoms with Gasteiger partial charge in [0.05, 0.1) is 31.2 Å². The average Bonchev–Trinajstić information content (AvgIpc) is 3.10. The first kappa shape index (κ1) is 20.3. The number of amides is 2. The van der Waals surface area contributed by atoms with Crippen molar-refractivity contribution in [3.63, 3.8) is 0 Å². The standard InChI is InChI=1S/C21H20FN5O4/c1-26-16-7-3-4-8-17(16)31-12-15(21(26)29)24-20(28)19-14(22)11-27(25-19)10-13-6-5-9-18(23-13)30-2/h3-9,11,15H,10,12H2,1-2H3,(H,24,28). The van der Waals surface area contributed by atoms with Crippen LogP contribution in [0.4, 0.5) is 10.1 Å². The largest absolute Gasteiger partial charge is 0.489 e. The quantitative estimate of drug-likeness (QED) is 0.667. The summed E-state index contributed by atoms with van der Waals surface area (Å²) in [4.78, 5) is 31.0. The molecule has 1 atom stereocenters. The first-order chi connectivity index (χ1) is 15.0. The highest BCUT2D eigenvalue weighted by molar-refractivity contribution is 6.02. The van der Waals surface area contributed by atoms with Gasteiger partial charge in [-0.3, -0.25) is 14.3 Å². The van der Waals surface area contributed by atoms with Gasteiger partial charge < -0.3 is 19.7 Å². The zero-order chi connectivity index (χ0) is 22.0. The molecule has 2 amide bonds. The molecule has 9 nitrogen and oxygen atoms in total. The summed E-state index contributed by atoms with van der Waals surface area (Å²) in [5.74, 6) is -1.05. The first-order valence-electron chi connectivity index (χ1n) is 9.49. The van der Waals surface area contributed by atoms with E-state index in [1.807, 2.05) is 0 Å². The lowest BCUT2D eigenvalue weighted by Gasteiger charge is -2.20. The molecule has 0 saturated carbocycles. The van der Waals surface area contributed by atoms with Crippen LogP contribution >= 0.6 is 0 Å². The van der Waals surface area contributed by atoms with Gasteiger partial charge >= 0.3 is 0 Å². The maximum absolute atomic E-state index is 14.4. The Morgan fingerprint density at radius 2 is 2.10 bits per heavy atom. The molecule has 0 saturated heterocycles. The molecule has 0 spiro atoms. The Balaban J connectivity index is 1.48. The van der Waals surface area contributed by atoms with E-state index in [2.05, 4.69) is 15.4 Å². The molecule has 31 heavy (non-hydrogen) atoms. The molecule has 10 heteroatoms. The van der Waals surface area contributed by atoms with Crippen LogP contribution in [0.5, 0.6) is 11.6 Å². The number of nitrogens with one attached hydrogen (secondary N) is 1. The molecule has 1 N–H and O–H groups in total. The van der Waals surface area contributed by atoms with E-state index in [9.17, 15) is 14.0 Å². The fourth-order valence-corrected chi connectivity index (χ4v) is 3.24. The molecular weight excluding hydrogens is 405 g/mol. The summed E-state index contributed by atoms with van der Waals surface area (Å²) in [6, 6.07) is 11.2. The van der Waals surface area contributed by atoms with Gasteiger partial charge in [0, 0.05) is 13.1 Å². The second-order valence-corrected chi connectivity index (χ2v) is 6.90. The molecule has 2 aromatic heterocycles. The third-order valence-corrected chi connectivity index (χ3v) is 4.81. The van der Waals surface area contributed by atoms with Crippen molar-refractivity contribution in [3.8, 4) is 11.6 Å². The molecule has 3 aromatic rings. The molecule has 1 aliphatic rings. The number of para-hydroxylation sites is 2. The number of benzene rings is 1. The first-order valence-corrected chi connectivity index (χ1v) is 9.49. The topological polar surface area (TPSA) is 98.6 Å². The highest BCUT2D eigenvalue weighted by Crippen LogP contribution is 2.29. The summed E-state index contributed by atoms with van der Waals surface area (Å²) >= 11 is 0. The number of carbonyl (C=O) groups is 2. The highest BCUT2D eigenvalue weighted by atomic mass is 19.1. The van der Waals surface area contributed by atoms with E-state index in [1.54, 1.807) is 49.5 Å². The van der Waals surface area contributed by atoms with Crippen molar-refractivity contribution in [2.45, 2.75) is 12.6 Å². The number of anilines is 1. The van der Waals surface area contributed by atoms with Crippen molar-refractivity contribution >= 4 is 17.5 Å². The van der Waals surface area contributed by atoms with Gasteiger partial charge in [0.1, 0.15) is 18.4 Å². The molecule has 0 radical (unpaired) electrons. The summed E-state index contributed by atoms with van der Waals surface area (Å²) in [6.45, 7) is 0.0624. The summed E-state index contributed by atoms with van der Waals surface area (Å²) in [7, 11) is 3.09. The second-order valence-electron chi connectivity index (χ2n) is 6.90. The van der Waals surface area contributed by atoms with Gasteiger partial charge in [0.2, 0.25) is 5.88 Å². The lowest BCUT2D eigenvalue weighted by Crippen LogP contribution is -2.49. The Labute approximate surface area is 177 Å². The predicted molar refractivity (Wildman–Crippen MR) is 109 cm³/mol. The van der Waals surface area contributed by atoms with E-state index in [0.29, 0.717) is 23.0 Å². The minimum atomic E-state index is -0.991. The van der Waals surface area contributed by atoms with Crippen molar-refractivity contribution in [3.05, 3.63) is 65.9 Å². The number of likely N-dealkylation sites (N-methyl/N-ethyl adjacent to an activating group) is 1. The monoisotopic (exact) mass is 425 g/mol. The van der Waals surface area contributed by atoms with Crippen molar-refractivity contribution < 1.29 is 23.5 Å². The minimum absolute atomic E-state index is 0.0814. The van der Waals surface area contributed by atoms with E-state index >= 15 is 0 Å². The third-order valence-electron chi connectivity index (χ3n) is 4.81. The summed E-state index contributed by atoms with van der Waals surface area (Å²) in [6.07, 6.45) is 1.10. The van der Waals surface area contributed by atoms with Crippen LogP contribution in [0.15, 0.2) is 48.7 Å². The Hall–Kier alpha value is -3.95. The van der Waals surface area contributed by atoms with Crippen LogP contribution < -0.4 is 19.7 Å². The van der Waals surface area contributed by atoms with Crippen molar-refractivity contribution in [2.24, 2.45) is 0 Å². The Kier molecular flexibility index (Phi) is 5.52. The van der Waals surface area contributed by atoms with Gasteiger partial charge in [-0.1, -0.05) is 18.2 Å². The number of hydrogen-bond donors (Lipinski definition) is 1. The Morgan fingerprint density at radius 3 is 2.90 bits per heavy atom. The highest BCUT2D eigenvalue weighted by Gasteiger charge is 2.31. The number of halogens is 1. The molecular formula is C21H20FN5O4. The number of ether oxygens (including phenoxy) is 2. The number of carbonyl (C=O) groups excluding carboxylic acids is 2. The van der Waals surface area contributed by atoms with Crippen LogP contribution in [0.25, 0.3) is 0 Å². The van der Waals surface area contributed by atoms with E-state index in [-0.39, 0.29) is 19.1 Å². The van der Waals surface area contributed by atoms with Gasteiger partial charge in [0.25, 0.3) is 11.8 Å². The molecule has 3 heterocycles. The van der Waals surface area contributed by atoms with E-state index in [0.717, 1.165) is 6.20 Å². The number of pyridine rings is 1. The normalized spacial score (nSPS) is 15.6. The molecule has 0 aliphatic carbocycles. The van der Waals surface area contributed by atoms with Crippen LogP contribution in [0.3, 0.4) is 0 Å². The Bertz CT molecular complexity index is 1130. The third kappa shape index (κ3) is 4.18.